The smallest absolute Gasteiger partial charge is 0.384 e. The normalized spacial score (nSPS) is 11.8. The number of fused-ring (bicyclic) bond motifs is 2. The first-order valence-corrected chi connectivity index (χ1v) is 10.8. The number of amides is 1. The van der Waals surface area contributed by atoms with Gasteiger partial charge in [-0.2, -0.15) is 13.2 Å². The summed E-state index contributed by atoms with van der Waals surface area (Å²) in [6.07, 6.45) is -4.54. The summed E-state index contributed by atoms with van der Waals surface area (Å²) in [5.74, 6) is -0.542. The number of carbonyl (C=O) groups is 1. The maximum absolute atomic E-state index is 13.4. The van der Waals surface area contributed by atoms with Crippen molar-refractivity contribution >= 4 is 33.9 Å². The minimum Gasteiger partial charge on any atom is -0.384 e. The number of alkyl halides is 3. The van der Waals surface area contributed by atoms with Crippen molar-refractivity contribution in [3.8, 4) is 5.69 Å². The fraction of sp³-hybridized carbons (Fsp3) is 0.115. The first-order valence-electron chi connectivity index (χ1n) is 10.8. The summed E-state index contributed by atoms with van der Waals surface area (Å²) in [6, 6.07) is 19.4. The number of carbonyl (C=O) groups excluding carboxylic acids is 1. The molecule has 0 atom stereocenters. The van der Waals surface area contributed by atoms with Crippen LogP contribution in [-0.2, 0) is 12.7 Å². The number of hydrogen-bond acceptors (Lipinski definition) is 4. The van der Waals surface area contributed by atoms with Gasteiger partial charge in [0.25, 0.3) is 5.91 Å². The Kier molecular flexibility index (Phi) is 5.39. The maximum Gasteiger partial charge on any atom is 0.416 e. The Morgan fingerprint density at radius 2 is 1.66 bits per heavy atom. The zero-order valence-corrected chi connectivity index (χ0v) is 18.6. The molecular formula is C26H20F3N5O. The highest BCUT2D eigenvalue weighted by atomic mass is 19.4. The number of nitrogens with zero attached hydrogens (tertiary/aromatic N) is 3. The fourth-order valence-electron chi connectivity index (χ4n) is 3.94. The Hall–Kier alpha value is -4.40. The average Bonchev–Trinajstić information content (AvgIpc) is 3.12. The van der Waals surface area contributed by atoms with Crippen molar-refractivity contribution in [3.63, 3.8) is 0 Å². The number of nitrogen functional groups attached to an aromatic ring is 1. The van der Waals surface area contributed by atoms with E-state index in [1.54, 1.807) is 24.3 Å². The van der Waals surface area contributed by atoms with Gasteiger partial charge >= 0.3 is 6.18 Å². The van der Waals surface area contributed by atoms with Crippen LogP contribution >= 0.6 is 0 Å². The largest absolute Gasteiger partial charge is 0.416 e. The van der Waals surface area contributed by atoms with E-state index < -0.39 is 17.6 Å². The van der Waals surface area contributed by atoms with Crippen molar-refractivity contribution in [1.82, 2.24) is 19.9 Å². The third kappa shape index (κ3) is 4.16. The number of anilines is 1. The number of nitrogens with one attached hydrogen (secondary N) is 1. The average molecular weight is 475 g/mol. The van der Waals surface area contributed by atoms with E-state index in [-0.39, 0.29) is 34.8 Å². The van der Waals surface area contributed by atoms with E-state index in [9.17, 15) is 18.0 Å². The zero-order valence-electron chi connectivity index (χ0n) is 18.6. The second-order valence-electron chi connectivity index (χ2n) is 8.20. The lowest BCUT2D eigenvalue weighted by Gasteiger charge is -2.12. The van der Waals surface area contributed by atoms with Gasteiger partial charge in [-0.25, -0.2) is 9.97 Å². The molecule has 5 rings (SSSR count). The molecule has 176 valence electrons. The molecule has 2 heterocycles. The van der Waals surface area contributed by atoms with Gasteiger partial charge in [0.2, 0.25) is 0 Å². The van der Waals surface area contributed by atoms with Crippen LogP contribution in [0.5, 0.6) is 0 Å². The number of hydrogen-bond donors (Lipinski definition) is 2. The summed E-state index contributed by atoms with van der Waals surface area (Å²) in [7, 11) is 0. The van der Waals surface area contributed by atoms with Crippen LogP contribution in [-0.4, -0.2) is 20.4 Å². The predicted octanol–water partition coefficient (Wildman–Crippen LogP) is 5.41. The van der Waals surface area contributed by atoms with Crippen LogP contribution in [0.1, 0.15) is 27.0 Å². The fourth-order valence-corrected chi connectivity index (χ4v) is 3.94. The van der Waals surface area contributed by atoms with Gasteiger partial charge < -0.3 is 11.1 Å². The van der Waals surface area contributed by atoms with Gasteiger partial charge in [-0.15, -0.1) is 0 Å². The van der Waals surface area contributed by atoms with Gasteiger partial charge in [-0.1, -0.05) is 48.0 Å². The lowest BCUT2D eigenvalue weighted by molar-refractivity contribution is -0.137. The molecule has 2 aromatic heterocycles. The van der Waals surface area contributed by atoms with Crippen molar-refractivity contribution in [1.29, 1.82) is 0 Å². The molecule has 0 aliphatic carbocycles. The third-order valence-corrected chi connectivity index (χ3v) is 5.73. The minimum absolute atomic E-state index is 0.0453. The molecular weight excluding hydrogens is 455 g/mol. The van der Waals surface area contributed by atoms with E-state index >= 15 is 0 Å². The quantitative estimate of drug-likeness (QED) is 0.364. The van der Waals surface area contributed by atoms with Gasteiger partial charge in [0, 0.05) is 12.2 Å². The molecule has 3 aromatic carbocycles. The molecule has 0 fully saturated rings. The van der Waals surface area contributed by atoms with Crippen LogP contribution in [0.4, 0.5) is 19.0 Å². The van der Waals surface area contributed by atoms with Crippen molar-refractivity contribution in [3.05, 3.63) is 95.1 Å². The predicted molar refractivity (Wildman–Crippen MR) is 128 cm³/mol. The summed E-state index contributed by atoms with van der Waals surface area (Å²) < 4.78 is 41.5. The Morgan fingerprint density at radius 1 is 0.971 bits per heavy atom. The Bertz CT molecular complexity index is 1570. The van der Waals surface area contributed by atoms with Gasteiger partial charge in [0.15, 0.2) is 5.65 Å². The van der Waals surface area contributed by atoms with Crippen LogP contribution < -0.4 is 11.1 Å². The molecule has 0 aliphatic heterocycles. The molecule has 0 unspecified atom stereocenters. The number of halogens is 3. The molecule has 0 bridgehead atoms. The molecule has 1 amide bonds. The number of nitrogens with two attached hydrogens (primary N) is 1. The highest BCUT2D eigenvalue weighted by molar-refractivity contribution is 6.11. The number of aryl methyl sites for hydroxylation is 1. The summed E-state index contributed by atoms with van der Waals surface area (Å²) >= 11 is 0. The van der Waals surface area contributed by atoms with Crippen LogP contribution in [0, 0.1) is 6.92 Å². The standard InChI is InChI=1S/C26H20F3N5O/c1-15-9-11-16(12-10-15)14-31-25(35)21-22-24(33-20-8-3-2-7-19(20)32-22)34(23(21)30)18-6-4-5-17(13-18)26(27,28)29/h2-13H,14,30H2,1H3,(H,31,35). The molecule has 0 saturated heterocycles. The van der Waals surface area contributed by atoms with Gasteiger partial charge in [-0.3, -0.25) is 9.36 Å². The summed E-state index contributed by atoms with van der Waals surface area (Å²) in [6.45, 7) is 2.21. The van der Waals surface area contributed by atoms with Gasteiger partial charge in [0.1, 0.15) is 16.9 Å². The highest BCUT2D eigenvalue weighted by Crippen LogP contribution is 2.34. The van der Waals surface area contributed by atoms with E-state index in [0.29, 0.717) is 11.0 Å². The van der Waals surface area contributed by atoms with E-state index in [1.807, 2.05) is 31.2 Å². The van der Waals surface area contributed by atoms with Crippen molar-refractivity contribution in [2.24, 2.45) is 0 Å². The van der Waals surface area contributed by atoms with Crippen molar-refractivity contribution < 1.29 is 18.0 Å². The van der Waals surface area contributed by atoms with Crippen molar-refractivity contribution in [2.45, 2.75) is 19.6 Å². The summed E-state index contributed by atoms with van der Waals surface area (Å²) in [4.78, 5) is 22.5. The second-order valence-corrected chi connectivity index (χ2v) is 8.20. The van der Waals surface area contributed by atoms with Crippen LogP contribution in [0.3, 0.4) is 0 Å². The molecule has 6 nitrogen and oxygen atoms in total. The van der Waals surface area contributed by atoms with E-state index in [0.717, 1.165) is 23.3 Å². The summed E-state index contributed by atoms with van der Waals surface area (Å²) in [5, 5.41) is 2.84. The monoisotopic (exact) mass is 475 g/mol. The molecule has 5 aromatic rings. The number of benzene rings is 3. The van der Waals surface area contributed by atoms with Gasteiger partial charge in [-0.05, 0) is 42.8 Å². The topological polar surface area (TPSA) is 85.8 Å². The van der Waals surface area contributed by atoms with E-state index in [2.05, 4.69) is 15.3 Å². The lowest BCUT2D eigenvalue weighted by Crippen LogP contribution is -2.24. The van der Waals surface area contributed by atoms with Crippen LogP contribution in [0.2, 0.25) is 0 Å². The minimum atomic E-state index is -4.54. The first kappa shape index (κ1) is 22.4. The van der Waals surface area contributed by atoms with E-state index in [1.165, 1.54) is 16.7 Å². The Balaban J connectivity index is 1.66. The van der Waals surface area contributed by atoms with Crippen LogP contribution in [0.25, 0.3) is 27.9 Å². The number of rotatable bonds is 4. The lowest BCUT2D eigenvalue weighted by atomic mass is 10.1. The molecule has 35 heavy (non-hydrogen) atoms. The molecule has 0 spiro atoms. The molecule has 0 radical (unpaired) electrons. The second kappa shape index (κ2) is 8.43. The zero-order chi connectivity index (χ0) is 24.7. The molecule has 3 N–H and O–H groups in total. The first-order chi connectivity index (χ1) is 16.7. The highest BCUT2D eigenvalue weighted by Gasteiger charge is 2.31. The summed E-state index contributed by atoms with van der Waals surface area (Å²) in [5.41, 5.74) is 9.20. The SMILES string of the molecule is Cc1ccc(CNC(=O)c2c(N)n(-c3cccc(C(F)(F)F)c3)c3nc4ccccc4nc23)cc1. The number of para-hydroxylation sites is 2. The molecule has 0 aliphatic rings. The van der Waals surface area contributed by atoms with E-state index in [4.69, 9.17) is 5.73 Å². The number of aromatic nitrogens is 3. The van der Waals surface area contributed by atoms with Crippen LogP contribution in [0.15, 0.2) is 72.8 Å². The van der Waals surface area contributed by atoms with Gasteiger partial charge in [0.05, 0.1) is 16.6 Å². The third-order valence-electron chi connectivity index (χ3n) is 5.73. The Labute approximate surface area is 198 Å². The maximum atomic E-state index is 13.4. The van der Waals surface area contributed by atoms with Crippen molar-refractivity contribution in [2.75, 3.05) is 5.73 Å². The molecule has 0 saturated carbocycles. The molecule has 9 heteroatoms. The Morgan fingerprint density at radius 3 is 2.34 bits per heavy atom.